The summed E-state index contributed by atoms with van der Waals surface area (Å²) in [6.45, 7) is 16.2. The molecule has 0 aromatic carbocycles. The molecule has 33 heavy (non-hydrogen) atoms. The van der Waals surface area contributed by atoms with Crippen LogP contribution in [0.25, 0.3) is 0 Å². The molecule has 2 unspecified atom stereocenters. The van der Waals surface area contributed by atoms with Crippen molar-refractivity contribution in [2.75, 3.05) is 26.2 Å². The smallest absolute Gasteiger partial charge is 0.248 e. The van der Waals surface area contributed by atoms with E-state index in [9.17, 15) is 19.5 Å². The number of aliphatic hydroxyl groups excluding tert-OH is 1. The van der Waals surface area contributed by atoms with Gasteiger partial charge in [0.2, 0.25) is 17.7 Å². The fourth-order valence-electron chi connectivity index (χ4n) is 5.99. The Labute approximate surface area is 197 Å². The van der Waals surface area contributed by atoms with Crippen LogP contribution in [-0.4, -0.2) is 93.6 Å². The Bertz CT molecular complexity index is 799. The van der Waals surface area contributed by atoms with E-state index in [-0.39, 0.29) is 36.5 Å². The Morgan fingerprint density at radius 3 is 2.45 bits per heavy atom. The average molecular weight is 462 g/mol. The monoisotopic (exact) mass is 461 g/mol. The zero-order valence-electron chi connectivity index (χ0n) is 20.4. The molecule has 0 aromatic rings. The number of nitrogens with zero attached hydrogens (tertiary/aromatic N) is 3. The van der Waals surface area contributed by atoms with Gasteiger partial charge in [-0.05, 0) is 40.0 Å². The van der Waals surface area contributed by atoms with E-state index < -0.39 is 29.5 Å². The summed E-state index contributed by atoms with van der Waals surface area (Å²) in [6.07, 6.45) is 4.93. The van der Waals surface area contributed by atoms with Crippen LogP contribution in [0.15, 0.2) is 25.3 Å². The molecule has 184 valence electrons. The molecule has 3 fully saturated rings. The van der Waals surface area contributed by atoms with Gasteiger partial charge in [-0.15, -0.1) is 13.2 Å². The SMILES string of the molecule is C=CCN(CCC)C(=O)[C@@H]1[C@@H]2CCC3(O2)C(C(=O)N(CC=C)C(C)C)N([C@H](C)CO)C(=O)[C@H]13. The van der Waals surface area contributed by atoms with Crippen LogP contribution < -0.4 is 0 Å². The van der Waals surface area contributed by atoms with Crippen molar-refractivity contribution in [1.82, 2.24) is 14.7 Å². The van der Waals surface area contributed by atoms with Crippen LogP contribution in [0.2, 0.25) is 0 Å². The molecule has 0 saturated carbocycles. The van der Waals surface area contributed by atoms with Gasteiger partial charge in [-0.3, -0.25) is 14.4 Å². The first kappa shape index (κ1) is 25.4. The van der Waals surface area contributed by atoms with Gasteiger partial charge in [-0.25, -0.2) is 0 Å². The van der Waals surface area contributed by atoms with E-state index in [0.717, 1.165) is 6.42 Å². The number of hydrogen-bond acceptors (Lipinski definition) is 5. The van der Waals surface area contributed by atoms with E-state index in [2.05, 4.69) is 13.2 Å². The molecule has 3 saturated heterocycles. The molecular formula is C25H39N3O5. The lowest BCUT2D eigenvalue weighted by atomic mass is 9.70. The number of aliphatic hydroxyl groups is 1. The van der Waals surface area contributed by atoms with Crippen LogP contribution in [0, 0.1) is 11.8 Å². The number of fused-ring (bicyclic) bond motifs is 1. The minimum absolute atomic E-state index is 0.101. The number of hydrogen-bond donors (Lipinski definition) is 1. The molecule has 0 aromatic heterocycles. The number of carbonyl (C=O) groups excluding carboxylic acids is 3. The summed E-state index contributed by atoms with van der Waals surface area (Å²) >= 11 is 0. The van der Waals surface area contributed by atoms with Crippen molar-refractivity contribution in [3.05, 3.63) is 25.3 Å². The van der Waals surface area contributed by atoms with E-state index >= 15 is 0 Å². The summed E-state index contributed by atoms with van der Waals surface area (Å²) in [6, 6.07) is -1.54. The van der Waals surface area contributed by atoms with Gasteiger partial charge in [-0.2, -0.15) is 0 Å². The lowest BCUT2D eigenvalue weighted by Gasteiger charge is -2.39. The predicted molar refractivity (Wildman–Crippen MR) is 125 cm³/mol. The third-order valence-electron chi connectivity index (χ3n) is 7.38. The molecule has 8 nitrogen and oxygen atoms in total. The van der Waals surface area contributed by atoms with E-state index in [0.29, 0.717) is 32.5 Å². The van der Waals surface area contributed by atoms with Gasteiger partial charge in [-0.1, -0.05) is 19.1 Å². The zero-order valence-corrected chi connectivity index (χ0v) is 20.4. The van der Waals surface area contributed by atoms with Gasteiger partial charge in [0.25, 0.3) is 0 Å². The highest BCUT2D eigenvalue weighted by Crippen LogP contribution is 2.59. The van der Waals surface area contributed by atoms with Crippen LogP contribution in [0.5, 0.6) is 0 Å². The third-order valence-corrected chi connectivity index (χ3v) is 7.38. The Morgan fingerprint density at radius 1 is 1.24 bits per heavy atom. The minimum Gasteiger partial charge on any atom is -0.394 e. The maximum atomic E-state index is 13.9. The third kappa shape index (κ3) is 4.01. The van der Waals surface area contributed by atoms with Gasteiger partial charge >= 0.3 is 0 Å². The molecule has 3 aliphatic heterocycles. The zero-order chi connectivity index (χ0) is 24.5. The van der Waals surface area contributed by atoms with Gasteiger partial charge in [0, 0.05) is 25.7 Å². The summed E-state index contributed by atoms with van der Waals surface area (Å²) in [7, 11) is 0. The molecule has 0 aliphatic carbocycles. The Hall–Kier alpha value is -2.19. The average Bonchev–Trinajstić information content (AvgIpc) is 3.43. The molecule has 3 aliphatic rings. The van der Waals surface area contributed by atoms with Crippen molar-refractivity contribution in [2.24, 2.45) is 11.8 Å². The lowest BCUT2D eigenvalue weighted by molar-refractivity contribution is -0.152. The fourth-order valence-corrected chi connectivity index (χ4v) is 5.99. The molecule has 8 heteroatoms. The van der Waals surface area contributed by atoms with Crippen LogP contribution in [0.1, 0.15) is 47.0 Å². The van der Waals surface area contributed by atoms with Crippen LogP contribution in [-0.2, 0) is 19.1 Å². The van der Waals surface area contributed by atoms with Crippen LogP contribution in [0.3, 0.4) is 0 Å². The highest BCUT2D eigenvalue weighted by Gasteiger charge is 2.75. The second-order valence-corrected chi connectivity index (χ2v) is 9.78. The Morgan fingerprint density at radius 2 is 1.91 bits per heavy atom. The number of rotatable bonds is 11. The standard InChI is InChI=1S/C25H39N3O5/c1-7-12-26(13-8-2)22(30)19-18-10-11-25(33-18)20(19)23(31)28(17(6)15-29)21(25)24(32)27(14-9-3)16(4)5/h7,9,16-21,29H,1,3,8,10-15H2,2,4-6H3/t17-,18+,19-,20+,21?,25?/m1/s1. The Balaban J connectivity index is 2.06. The van der Waals surface area contributed by atoms with E-state index in [1.807, 2.05) is 20.8 Å². The largest absolute Gasteiger partial charge is 0.394 e. The van der Waals surface area contributed by atoms with Crippen molar-refractivity contribution in [3.63, 3.8) is 0 Å². The molecule has 6 atom stereocenters. The summed E-state index contributed by atoms with van der Waals surface area (Å²) < 4.78 is 6.47. The topological polar surface area (TPSA) is 90.4 Å². The highest BCUT2D eigenvalue weighted by molar-refractivity contribution is 5.99. The molecule has 3 heterocycles. The molecule has 1 N–H and O–H groups in total. The summed E-state index contributed by atoms with van der Waals surface area (Å²) in [5.41, 5.74) is -1.05. The number of likely N-dealkylation sites (tertiary alicyclic amines) is 1. The van der Waals surface area contributed by atoms with Crippen molar-refractivity contribution in [3.8, 4) is 0 Å². The Kier molecular flexibility index (Phi) is 7.69. The van der Waals surface area contributed by atoms with Crippen molar-refractivity contribution in [1.29, 1.82) is 0 Å². The second-order valence-electron chi connectivity index (χ2n) is 9.78. The summed E-state index contributed by atoms with van der Waals surface area (Å²) in [4.78, 5) is 46.3. The second kappa shape index (κ2) is 9.97. The molecule has 0 radical (unpaired) electrons. The lowest BCUT2D eigenvalue weighted by Crippen LogP contribution is -2.59. The molecule has 2 bridgehead atoms. The normalized spacial score (nSPS) is 31.0. The van der Waals surface area contributed by atoms with Crippen LogP contribution >= 0.6 is 0 Å². The molecule has 3 rings (SSSR count). The quantitative estimate of drug-likeness (QED) is 0.472. The number of amides is 3. The van der Waals surface area contributed by atoms with Crippen molar-refractivity contribution in [2.45, 2.75) is 76.8 Å². The molecule has 3 amide bonds. The fraction of sp³-hybridized carbons (Fsp3) is 0.720. The summed E-state index contributed by atoms with van der Waals surface area (Å²) in [5, 5.41) is 9.94. The number of carbonyl (C=O) groups is 3. The van der Waals surface area contributed by atoms with E-state index in [4.69, 9.17) is 4.74 Å². The maximum absolute atomic E-state index is 13.9. The first-order chi connectivity index (χ1) is 15.7. The van der Waals surface area contributed by atoms with Crippen molar-refractivity contribution < 1.29 is 24.2 Å². The van der Waals surface area contributed by atoms with Crippen LogP contribution in [0.4, 0.5) is 0 Å². The van der Waals surface area contributed by atoms with Gasteiger partial charge < -0.3 is 24.5 Å². The first-order valence-electron chi connectivity index (χ1n) is 12.1. The highest BCUT2D eigenvalue weighted by atomic mass is 16.5. The summed E-state index contributed by atoms with van der Waals surface area (Å²) in [5.74, 6) is -1.96. The van der Waals surface area contributed by atoms with Crippen molar-refractivity contribution >= 4 is 17.7 Å². The predicted octanol–water partition coefficient (Wildman–Crippen LogP) is 1.59. The van der Waals surface area contributed by atoms with Gasteiger partial charge in [0.1, 0.15) is 11.6 Å². The molecular weight excluding hydrogens is 422 g/mol. The van der Waals surface area contributed by atoms with E-state index in [1.165, 1.54) is 4.90 Å². The van der Waals surface area contributed by atoms with Gasteiger partial charge in [0.15, 0.2) is 0 Å². The number of ether oxygens (including phenoxy) is 1. The minimum atomic E-state index is -1.05. The van der Waals surface area contributed by atoms with Gasteiger partial charge in [0.05, 0.1) is 30.6 Å². The maximum Gasteiger partial charge on any atom is 0.248 e. The van der Waals surface area contributed by atoms with E-state index in [1.54, 1.807) is 28.9 Å². The first-order valence-corrected chi connectivity index (χ1v) is 12.1. The molecule has 1 spiro atoms.